The van der Waals surface area contributed by atoms with Crippen molar-refractivity contribution in [2.45, 2.75) is 44.7 Å². The van der Waals surface area contributed by atoms with E-state index in [1.54, 1.807) is 18.7 Å². The van der Waals surface area contributed by atoms with Crippen molar-refractivity contribution in [2.24, 2.45) is 0 Å². The predicted octanol–water partition coefficient (Wildman–Crippen LogP) is 3.36. The molecule has 2 unspecified atom stereocenters. The number of carbonyl (C=O) groups is 1. The van der Waals surface area contributed by atoms with E-state index in [2.05, 4.69) is 0 Å². The number of likely N-dealkylation sites (tertiary alicyclic amines) is 1. The van der Waals surface area contributed by atoms with Crippen molar-refractivity contribution in [2.75, 3.05) is 6.54 Å². The van der Waals surface area contributed by atoms with Gasteiger partial charge in [0.15, 0.2) is 0 Å². The van der Waals surface area contributed by atoms with Crippen LogP contribution in [0.3, 0.4) is 0 Å². The molecule has 0 bridgehead atoms. The van der Waals surface area contributed by atoms with Gasteiger partial charge < -0.3 is 5.11 Å². The van der Waals surface area contributed by atoms with Crippen molar-refractivity contribution < 1.29 is 18.7 Å². The van der Waals surface area contributed by atoms with Gasteiger partial charge in [-0.25, -0.2) is 8.78 Å². The number of carboxylic acid groups (broad SMARTS) is 1. The Morgan fingerprint density at radius 1 is 1.45 bits per heavy atom. The molecule has 1 fully saturated rings. The van der Waals surface area contributed by atoms with Gasteiger partial charge >= 0.3 is 5.97 Å². The number of aliphatic carboxylic acids is 1. The van der Waals surface area contributed by atoms with Gasteiger partial charge in [-0.3, -0.25) is 9.69 Å². The van der Waals surface area contributed by atoms with Gasteiger partial charge in [0.25, 0.3) is 0 Å². The number of hydrogen-bond acceptors (Lipinski definition) is 2. The molecule has 1 aromatic rings. The van der Waals surface area contributed by atoms with Crippen molar-refractivity contribution in [3.05, 3.63) is 35.4 Å². The molecule has 1 aromatic carbocycles. The third-order valence-electron chi connectivity index (χ3n) is 4.41. The number of carboxylic acids is 1. The van der Waals surface area contributed by atoms with Crippen LogP contribution in [0.5, 0.6) is 0 Å². The van der Waals surface area contributed by atoms with Gasteiger partial charge in [-0.15, -0.1) is 0 Å². The monoisotopic (exact) mass is 283 g/mol. The van der Waals surface area contributed by atoms with E-state index < -0.39 is 29.2 Å². The number of rotatable bonds is 4. The molecule has 20 heavy (non-hydrogen) atoms. The van der Waals surface area contributed by atoms with Crippen LogP contribution in [-0.4, -0.2) is 28.1 Å². The summed E-state index contributed by atoms with van der Waals surface area (Å²) >= 11 is 0. The first kappa shape index (κ1) is 14.9. The minimum atomic E-state index is -1.02. The van der Waals surface area contributed by atoms with E-state index in [0.29, 0.717) is 19.4 Å². The second-order valence-electron chi connectivity index (χ2n) is 5.30. The van der Waals surface area contributed by atoms with Crippen LogP contribution >= 0.6 is 0 Å². The molecule has 0 radical (unpaired) electrons. The topological polar surface area (TPSA) is 40.5 Å². The SMILES string of the molecule is CCC1(C(=O)O)CCCN1C(C)c1c(F)cccc1F. The molecule has 0 amide bonds. The summed E-state index contributed by atoms with van der Waals surface area (Å²) in [4.78, 5) is 13.4. The molecule has 1 heterocycles. The van der Waals surface area contributed by atoms with Crippen LogP contribution in [0.2, 0.25) is 0 Å². The maximum absolute atomic E-state index is 13.9. The molecule has 1 N–H and O–H groups in total. The lowest BCUT2D eigenvalue weighted by atomic mass is 9.90. The zero-order chi connectivity index (χ0) is 14.9. The smallest absolute Gasteiger partial charge is 0.324 e. The molecule has 5 heteroatoms. The fourth-order valence-corrected chi connectivity index (χ4v) is 3.29. The predicted molar refractivity (Wildman–Crippen MR) is 71.4 cm³/mol. The highest BCUT2D eigenvalue weighted by molar-refractivity contribution is 5.79. The molecule has 2 rings (SSSR count). The van der Waals surface area contributed by atoms with Gasteiger partial charge in [-0.2, -0.15) is 0 Å². The van der Waals surface area contributed by atoms with Crippen molar-refractivity contribution in [3.8, 4) is 0 Å². The van der Waals surface area contributed by atoms with Gasteiger partial charge in [0.05, 0.1) is 0 Å². The average Bonchev–Trinajstić information content (AvgIpc) is 2.83. The molecule has 1 saturated heterocycles. The van der Waals surface area contributed by atoms with Crippen LogP contribution < -0.4 is 0 Å². The van der Waals surface area contributed by atoms with Crippen LogP contribution in [0.4, 0.5) is 8.78 Å². The summed E-state index contributed by atoms with van der Waals surface area (Å²) in [6, 6.07) is 3.13. The molecule has 2 atom stereocenters. The normalized spacial score (nSPS) is 24.8. The second-order valence-corrected chi connectivity index (χ2v) is 5.30. The first-order chi connectivity index (χ1) is 9.44. The summed E-state index contributed by atoms with van der Waals surface area (Å²) in [6.07, 6.45) is 1.66. The summed E-state index contributed by atoms with van der Waals surface area (Å²) in [5.41, 5.74) is -1.07. The third-order valence-corrected chi connectivity index (χ3v) is 4.41. The Labute approximate surface area is 117 Å². The van der Waals surface area contributed by atoms with E-state index in [1.807, 2.05) is 0 Å². The van der Waals surface area contributed by atoms with Gasteiger partial charge in [0, 0.05) is 11.6 Å². The van der Waals surface area contributed by atoms with E-state index in [4.69, 9.17) is 0 Å². The Morgan fingerprint density at radius 3 is 2.55 bits per heavy atom. The van der Waals surface area contributed by atoms with E-state index in [9.17, 15) is 18.7 Å². The molecule has 110 valence electrons. The van der Waals surface area contributed by atoms with Gasteiger partial charge in [0.2, 0.25) is 0 Å². The van der Waals surface area contributed by atoms with Crippen LogP contribution in [0, 0.1) is 11.6 Å². The zero-order valence-corrected chi connectivity index (χ0v) is 11.7. The van der Waals surface area contributed by atoms with E-state index in [0.717, 1.165) is 6.42 Å². The van der Waals surface area contributed by atoms with Crippen LogP contribution in [-0.2, 0) is 4.79 Å². The molecule has 3 nitrogen and oxygen atoms in total. The van der Waals surface area contributed by atoms with Gasteiger partial charge in [0.1, 0.15) is 17.2 Å². The molecule has 0 aliphatic carbocycles. The number of halogens is 2. The summed E-state index contributed by atoms with van der Waals surface area (Å²) in [5, 5.41) is 9.54. The molecule has 0 saturated carbocycles. The van der Waals surface area contributed by atoms with E-state index in [1.165, 1.54) is 18.2 Å². The molecule has 1 aliphatic rings. The lowest BCUT2D eigenvalue weighted by Gasteiger charge is -2.38. The number of nitrogens with zero attached hydrogens (tertiary/aromatic N) is 1. The van der Waals surface area contributed by atoms with E-state index >= 15 is 0 Å². The van der Waals surface area contributed by atoms with Crippen LogP contribution in [0.1, 0.15) is 44.7 Å². The summed E-state index contributed by atoms with van der Waals surface area (Å²) < 4.78 is 27.8. The number of benzene rings is 1. The van der Waals surface area contributed by atoms with E-state index in [-0.39, 0.29) is 5.56 Å². The molecular weight excluding hydrogens is 264 g/mol. The average molecular weight is 283 g/mol. The minimum Gasteiger partial charge on any atom is -0.480 e. The van der Waals surface area contributed by atoms with Crippen molar-refractivity contribution in [1.82, 2.24) is 4.90 Å². The highest BCUT2D eigenvalue weighted by atomic mass is 19.1. The summed E-state index contributed by atoms with van der Waals surface area (Å²) in [5.74, 6) is -2.17. The fourth-order valence-electron chi connectivity index (χ4n) is 3.29. The maximum atomic E-state index is 13.9. The molecule has 0 spiro atoms. The highest BCUT2D eigenvalue weighted by Crippen LogP contribution is 2.40. The summed E-state index contributed by atoms with van der Waals surface area (Å²) in [7, 11) is 0. The molecular formula is C15H19F2NO2. The maximum Gasteiger partial charge on any atom is 0.324 e. The Bertz CT molecular complexity index is 500. The first-order valence-corrected chi connectivity index (χ1v) is 6.88. The highest BCUT2D eigenvalue weighted by Gasteiger charge is 2.48. The zero-order valence-electron chi connectivity index (χ0n) is 11.7. The van der Waals surface area contributed by atoms with Gasteiger partial charge in [-0.05, 0) is 44.9 Å². The van der Waals surface area contributed by atoms with Gasteiger partial charge in [-0.1, -0.05) is 13.0 Å². The first-order valence-electron chi connectivity index (χ1n) is 6.88. The lowest BCUT2D eigenvalue weighted by Crippen LogP contribution is -2.51. The second kappa shape index (κ2) is 5.48. The molecule has 0 aromatic heterocycles. The van der Waals surface area contributed by atoms with Crippen LogP contribution in [0.15, 0.2) is 18.2 Å². The fraction of sp³-hybridized carbons (Fsp3) is 0.533. The standard InChI is InChI=1S/C15H19F2NO2/c1-3-15(14(19)20)8-5-9-18(15)10(2)13-11(16)6-4-7-12(13)17/h4,6-7,10H,3,5,8-9H2,1-2H3,(H,19,20). The van der Waals surface area contributed by atoms with Crippen LogP contribution in [0.25, 0.3) is 0 Å². The van der Waals surface area contributed by atoms with Crippen molar-refractivity contribution >= 4 is 5.97 Å². The largest absolute Gasteiger partial charge is 0.480 e. The Hall–Kier alpha value is -1.49. The minimum absolute atomic E-state index is 0.0477. The number of hydrogen-bond donors (Lipinski definition) is 1. The van der Waals surface area contributed by atoms with Crippen molar-refractivity contribution in [1.29, 1.82) is 0 Å². The molecule has 1 aliphatic heterocycles. The third kappa shape index (κ3) is 2.20. The Kier molecular flexibility index (Phi) is 4.09. The Balaban J connectivity index is 2.42. The van der Waals surface area contributed by atoms with Crippen molar-refractivity contribution in [3.63, 3.8) is 0 Å². The quantitative estimate of drug-likeness (QED) is 0.921. The Morgan fingerprint density at radius 2 is 2.05 bits per heavy atom. The summed E-state index contributed by atoms with van der Waals surface area (Å²) in [6.45, 7) is 4.01. The lowest BCUT2D eigenvalue weighted by molar-refractivity contribution is -0.151.